The second-order valence-electron chi connectivity index (χ2n) is 3.69. The maximum atomic E-state index is 11.4. The lowest BCUT2D eigenvalue weighted by Crippen LogP contribution is -2.50. The van der Waals surface area contributed by atoms with Crippen LogP contribution in [-0.2, 0) is 9.59 Å². The minimum Gasteiger partial charge on any atom is -0.480 e. The van der Waals surface area contributed by atoms with Gasteiger partial charge in [-0.05, 0) is 18.1 Å². The number of carboxylic acid groups (broad SMARTS) is 1. The number of hydrogen-bond donors (Lipinski definition) is 4. The van der Waals surface area contributed by atoms with E-state index in [1.807, 2.05) is 0 Å². The Hall–Kier alpha value is -0.750. The monoisotopic (exact) mass is 234 g/mol. The lowest BCUT2D eigenvalue weighted by atomic mass is 10.0. The van der Waals surface area contributed by atoms with Gasteiger partial charge >= 0.3 is 5.97 Å². The third kappa shape index (κ3) is 5.03. The minimum absolute atomic E-state index is 0.172. The highest BCUT2D eigenvalue weighted by Gasteiger charge is 2.25. The molecule has 0 bridgehead atoms. The lowest BCUT2D eigenvalue weighted by molar-refractivity contribution is -0.143. The third-order valence-corrected chi connectivity index (χ3v) is 2.27. The van der Waals surface area contributed by atoms with Gasteiger partial charge in [-0.3, -0.25) is 4.79 Å². The van der Waals surface area contributed by atoms with Crippen LogP contribution in [0.4, 0.5) is 0 Å². The topological polar surface area (TPSA) is 92.4 Å². The highest BCUT2D eigenvalue weighted by atomic mass is 32.1. The molecule has 0 unspecified atom stereocenters. The summed E-state index contributed by atoms with van der Waals surface area (Å²) in [6.07, 6.45) is 0.430. The number of thiol groups is 1. The number of aliphatic carboxylic acids is 1. The van der Waals surface area contributed by atoms with E-state index in [2.05, 4.69) is 17.9 Å². The molecule has 0 fully saturated rings. The van der Waals surface area contributed by atoms with Crippen molar-refractivity contribution in [2.75, 3.05) is 5.75 Å². The molecule has 6 heteroatoms. The van der Waals surface area contributed by atoms with Crippen LogP contribution < -0.4 is 11.1 Å². The molecule has 2 atom stereocenters. The Kier molecular flexibility index (Phi) is 6.35. The molecular formula is C9H18N2O3S. The molecule has 0 radical (unpaired) electrons. The normalized spacial score (nSPS) is 14.7. The van der Waals surface area contributed by atoms with Gasteiger partial charge < -0.3 is 16.2 Å². The molecular weight excluding hydrogens is 216 g/mol. The van der Waals surface area contributed by atoms with Crippen LogP contribution in [-0.4, -0.2) is 34.8 Å². The predicted molar refractivity (Wildman–Crippen MR) is 60.8 cm³/mol. The van der Waals surface area contributed by atoms with Crippen LogP contribution in [0.3, 0.4) is 0 Å². The summed E-state index contributed by atoms with van der Waals surface area (Å²) in [5.74, 6) is -1.16. The number of carboxylic acids is 1. The van der Waals surface area contributed by atoms with Crippen molar-refractivity contribution < 1.29 is 14.7 Å². The molecule has 0 aromatic heterocycles. The van der Waals surface area contributed by atoms with Crippen LogP contribution in [0.1, 0.15) is 20.3 Å². The number of rotatable bonds is 6. The molecule has 0 aliphatic rings. The number of carbonyl (C=O) groups excluding carboxylic acids is 1. The van der Waals surface area contributed by atoms with Crippen molar-refractivity contribution in [2.24, 2.45) is 11.7 Å². The average Bonchev–Trinajstić information content (AvgIpc) is 2.12. The van der Waals surface area contributed by atoms with Gasteiger partial charge in [0.2, 0.25) is 5.91 Å². The molecule has 0 rings (SSSR count). The first kappa shape index (κ1) is 14.2. The zero-order chi connectivity index (χ0) is 12.0. The Labute approximate surface area is 94.8 Å². The largest absolute Gasteiger partial charge is 0.480 e. The SMILES string of the molecule is CC(C)[C@H](NC(=O)[C@@H](N)CCS)C(=O)O. The van der Waals surface area contributed by atoms with Crippen molar-refractivity contribution in [3.63, 3.8) is 0 Å². The fourth-order valence-corrected chi connectivity index (χ4v) is 1.32. The van der Waals surface area contributed by atoms with Crippen molar-refractivity contribution in [3.05, 3.63) is 0 Å². The van der Waals surface area contributed by atoms with Gasteiger partial charge in [-0.2, -0.15) is 12.6 Å². The van der Waals surface area contributed by atoms with Crippen molar-refractivity contribution in [2.45, 2.75) is 32.4 Å². The lowest BCUT2D eigenvalue weighted by Gasteiger charge is -2.20. The zero-order valence-electron chi connectivity index (χ0n) is 8.93. The van der Waals surface area contributed by atoms with Crippen LogP contribution in [0, 0.1) is 5.92 Å². The van der Waals surface area contributed by atoms with E-state index in [1.54, 1.807) is 13.8 Å². The predicted octanol–water partition coefficient (Wildman–Crippen LogP) is -0.141. The van der Waals surface area contributed by atoms with E-state index in [1.165, 1.54) is 0 Å². The van der Waals surface area contributed by atoms with Crippen LogP contribution in [0.15, 0.2) is 0 Å². The fraction of sp³-hybridized carbons (Fsp3) is 0.778. The van der Waals surface area contributed by atoms with Crippen molar-refractivity contribution in [1.82, 2.24) is 5.32 Å². The number of nitrogens with one attached hydrogen (secondary N) is 1. The first-order valence-electron chi connectivity index (χ1n) is 4.79. The van der Waals surface area contributed by atoms with Crippen LogP contribution in [0.2, 0.25) is 0 Å². The van der Waals surface area contributed by atoms with Crippen molar-refractivity contribution >= 4 is 24.5 Å². The Morgan fingerprint density at radius 2 is 2.00 bits per heavy atom. The highest BCUT2D eigenvalue weighted by molar-refractivity contribution is 7.80. The molecule has 1 amide bonds. The van der Waals surface area contributed by atoms with Gasteiger partial charge in [-0.1, -0.05) is 13.8 Å². The number of amides is 1. The van der Waals surface area contributed by atoms with E-state index in [4.69, 9.17) is 10.8 Å². The average molecular weight is 234 g/mol. The van der Waals surface area contributed by atoms with Gasteiger partial charge in [0, 0.05) is 0 Å². The molecule has 88 valence electrons. The number of carbonyl (C=O) groups is 2. The van der Waals surface area contributed by atoms with Crippen LogP contribution >= 0.6 is 12.6 Å². The molecule has 0 aliphatic heterocycles. The van der Waals surface area contributed by atoms with Gasteiger partial charge in [-0.15, -0.1) is 0 Å². The molecule has 0 heterocycles. The number of hydrogen-bond acceptors (Lipinski definition) is 4. The summed E-state index contributed by atoms with van der Waals surface area (Å²) in [5.41, 5.74) is 5.52. The van der Waals surface area contributed by atoms with Gasteiger partial charge in [0.05, 0.1) is 6.04 Å². The van der Waals surface area contributed by atoms with E-state index < -0.39 is 24.0 Å². The second kappa shape index (κ2) is 6.68. The van der Waals surface area contributed by atoms with Crippen molar-refractivity contribution in [3.8, 4) is 0 Å². The second-order valence-corrected chi connectivity index (χ2v) is 4.13. The maximum Gasteiger partial charge on any atom is 0.326 e. The summed E-state index contributed by atoms with van der Waals surface area (Å²) in [5, 5.41) is 11.2. The Balaban J connectivity index is 4.29. The van der Waals surface area contributed by atoms with Gasteiger partial charge in [0.15, 0.2) is 0 Å². The van der Waals surface area contributed by atoms with E-state index in [0.29, 0.717) is 12.2 Å². The smallest absolute Gasteiger partial charge is 0.326 e. The first-order valence-corrected chi connectivity index (χ1v) is 5.43. The summed E-state index contributed by atoms with van der Waals surface area (Å²) in [7, 11) is 0. The molecule has 5 nitrogen and oxygen atoms in total. The quantitative estimate of drug-likeness (QED) is 0.481. The number of nitrogens with two attached hydrogens (primary N) is 1. The molecule has 0 saturated heterocycles. The summed E-state index contributed by atoms with van der Waals surface area (Å²) in [6, 6.07) is -1.58. The Morgan fingerprint density at radius 3 is 2.33 bits per heavy atom. The minimum atomic E-state index is -1.04. The summed E-state index contributed by atoms with van der Waals surface area (Å²) < 4.78 is 0. The van der Waals surface area contributed by atoms with Crippen LogP contribution in [0.5, 0.6) is 0 Å². The van der Waals surface area contributed by atoms with Gasteiger partial charge in [0.1, 0.15) is 6.04 Å². The maximum absolute atomic E-state index is 11.4. The van der Waals surface area contributed by atoms with Crippen molar-refractivity contribution in [1.29, 1.82) is 0 Å². The molecule has 0 spiro atoms. The van der Waals surface area contributed by atoms with Crippen LogP contribution in [0.25, 0.3) is 0 Å². The molecule has 0 aliphatic carbocycles. The molecule has 0 aromatic rings. The van der Waals surface area contributed by atoms with E-state index in [-0.39, 0.29) is 5.92 Å². The first-order chi connectivity index (χ1) is 6.90. The van der Waals surface area contributed by atoms with E-state index in [0.717, 1.165) is 0 Å². The Bertz CT molecular complexity index is 233. The summed E-state index contributed by atoms with van der Waals surface area (Å²) in [6.45, 7) is 3.45. The zero-order valence-corrected chi connectivity index (χ0v) is 9.83. The van der Waals surface area contributed by atoms with E-state index >= 15 is 0 Å². The van der Waals surface area contributed by atoms with Gasteiger partial charge in [-0.25, -0.2) is 4.79 Å². The highest BCUT2D eigenvalue weighted by Crippen LogP contribution is 2.02. The third-order valence-electron chi connectivity index (χ3n) is 2.01. The molecule has 4 N–H and O–H groups in total. The van der Waals surface area contributed by atoms with E-state index in [9.17, 15) is 9.59 Å². The molecule has 0 aromatic carbocycles. The van der Waals surface area contributed by atoms with Gasteiger partial charge in [0.25, 0.3) is 0 Å². The fourth-order valence-electron chi connectivity index (χ4n) is 1.04. The summed E-state index contributed by atoms with van der Waals surface area (Å²) >= 11 is 3.95. The standard InChI is InChI=1S/C9H18N2O3S/c1-5(2)7(9(13)14)11-8(12)6(10)3-4-15/h5-7,15H,3-4,10H2,1-2H3,(H,11,12)(H,13,14)/t6-,7-/m0/s1. The Morgan fingerprint density at radius 1 is 1.47 bits per heavy atom. The summed E-state index contributed by atoms with van der Waals surface area (Å²) in [4.78, 5) is 22.2. The molecule has 0 saturated carbocycles. The molecule has 15 heavy (non-hydrogen) atoms.